The standard InChI is InChI=1S/C22H30O3/c23-16-8-3-1-2-7-11-21-19(13-15-22(21)25)12-14-20(24)17-18-9-5-4-6-10-18/h4-6,9-10,12,14,19,21,23H,1-3,7-8,11,13,15-17H2/b14-12+. The van der Waals surface area contributed by atoms with Crippen LogP contribution in [0.5, 0.6) is 0 Å². The van der Waals surface area contributed by atoms with Gasteiger partial charge in [0, 0.05) is 25.4 Å². The van der Waals surface area contributed by atoms with Gasteiger partial charge in [0.15, 0.2) is 5.78 Å². The van der Waals surface area contributed by atoms with E-state index in [-0.39, 0.29) is 24.2 Å². The summed E-state index contributed by atoms with van der Waals surface area (Å²) >= 11 is 0. The Kier molecular flexibility index (Phi) is 8.61. The molecule has 1 fully saturated rings. The third-order valence-electron chi connectivity index (χ3n) is 5.08. The van der Waals surface area contributed by atoms with E-state index in [1.165, 1.54) is 0 Å². The molecule has 0 aromatic heterocycles. The number of unbranched alkanes of at least 4 members (excludes halogenated alkanes) is 4. The summed E-state index contributed by atoms with van der Waals surface area (Å²) in [6, 6.07) is 9.76. The lowest BCUT2D eigenvalue weighted by Crippen LogP contribution is -2.13. The second-order valence-corrected chi connectivity index (χ2v) is 7.04. The Morgan fingerprint density at radius 2 is 1.80 bits per heavy atom. The highest BCUT2D eigenvalue weighted by Crippen LogP contribution is 2.33. The topological polar surface area (TPSA) is 54.4 Å². The van der Waals surface area contributed by atoms with Gasteiger partial charge in [-0.05, 0) is 36.8 Å². The number of benzene rings is 1. The van der Waals surface area contributed by atoms with E-state index in [4.69, 9.17) is 5.11 Å². The minimum atomic E-state index is 0.0959. The largest absolute Gasteiger partial charge is 0.396 e. The summed E-state index contributed by atoms with van der Waals surface area (Å²) in [5.41, 5.74) is 1.03. The highest BCUT2D eigenvalue weighted by atomic mass is 16.2. The zero-order chi connectivity index (χ0) is 17.9. The van der Waals surface area contributed by atoms with Gasteiger partial charge >= 0.3 is 0 Å². The Hall–Kier alpha value is -1.74. The maximum atomic E-state index is 12.1. The highest BCUT2D eigenvalue weighted by molar-refractivity contribution is 5.91. The van der Waals surface area contributed by atoms with Crippen molar-refractivity contribution in [1.82, 2.24) is 0 Å². The Morgan fingerprint density at radius 3 is 2.56 bits per heavy atom. The maximum Gasteiger partial charge on any atom is 0.159 e. The molecule has 3 heteroatoms. The molecule has 1 saturated carbocycles. The number of carbonyl (C=O) groups excluding carboxylic acids is 2. The van der Waals surface area contributed by atoms with Crippen molar-refractivity contribution in [2.45, 2.75) is 57.8 Å². The number of hydrogen-bond acceptors (Lipinski definition) is 3. The van der Waals surface area contributed by atoms with E-state index in [1.807, 2.05) is 36.4 Å². The van der Waals surface area contributed by atoms with E-state index >= 15 is 0 Å². The first-order chi connectivity index (χ1) is 12.2. The van der Waals surface area contributed by atoms with Crippen molar-refractivity contribution in [2.24, 2.45) is 11.8 Å². The lowest BCUT2D eigenvalue weighted by molar-refractivity contribution is -0.121. The molecule has 0 saturated heterocycles. The van der Waals surface area contributed by atoms with Crippen LogP contribution in [-0.2, 0) is 16.0 Å². The zero-order valence-corrected chi connectivity index (χ0v) is 15.0. The number of aliphatic hydroxyl groups is 1. The molecule has 2 unspecified atom stereocenters. The van der Waals surface area contributed by atoms with Gasteiger partial charge in [-0.2, -0.15) is 0 Å². The van der Waals surface area contributed by atoms with Crippen molar-refractivity contribution < 1.29 is 14.7 Å². The fourth-order valence-electron chi connectivity index (χ4n) is 3.63. The number of Topliss-reactive ketones (excluding diaryl/α,β-unsaturated/α-hetero) is 1. The number of hydrogen-bond donors (Lipinski definition) is 1. The van der Waals surface area contributed by atoms with Crippen molar-refractivity contribution in [3.63, 3.8) is 0 Å². The van der Waals surface area contributed by atoms with E-state index in [1.54, 1.807) is 6.08 Å². The van der Waals surface area contributed by atoms with Gasteiger partial charge in [0.1, 0.15) is 5.78 Å². The number of allylic oxidation sites excluding steroid dienone is 2. The van der Waals surface area contributed by atoms with Crippen molar-refractivity contribution in [1.29, 1.82) is 0 Å². The molecule has 0 bridgehead atoms. The summed E-state index contributed by atoms with van der Waals surface area (Å²) < 4.78 is 0. The molecule has 0 radical (unpaired) electrons. The Morgan fingerprint density at radius 1 is 1.08 bits per heavy atom. The van der Waals surface area contributed by atoms with E-state index < -0.39 is 0 Å². The molecule has 2 atom stereocenters. The first-order valence-electron chi connectivity index (χ1n) is 9.59. The van der Waals surface area contributed by atoms with Gasteiger partial charge < -0.3 is 5.11 Å². The van der Waals surface area contributed by atoms with Crippen LogP contribution in [-0.4, -0.2) is 23.3 Å². The predicted molar refractivity (Wildman–Crippen MR) is 100 cm³/mol. The first kappa shape index (κ1) is 19.6. The van der Waals surface area contributed by atoms with Crippen LogP contribution in [0, 0.1) is 11.8 Å². The first-order valence-corrected chi connectivity index (χ1v) is 9.59. The summed E-state index contributed by atoms with van der Waals surface area (Å²) in [5, 5.41) is 8.78. The van der Waals surface area contributed by atoms with Crippen molar-refractivity contribution in [3.05, 3.63) is 48.0 Å². The number of rotatable bonds is 11. The van der Waals surface area contributed by atoms with Crippen LogP contribution in [0.3, 0.4) is 0 Å². The smallest absolute Gasteiger partial charge is 0.159 e. The average Bonchev–Trinajstić information content (AvgIpc) is 2.97. The summed E-state index contributed by atoms with van der Waals surface area (Å²) in [4.78, 5) is 24.3. The molecule has 0 spiro atoms. The molecule has 1 aromatic carbocycles. The molecular formula is C22H30O3. The fraction of sp³-hybridized carbons (Fsp3) is 0.545. The van der Waals surface area contributed by atoms with Gasteiger partial charge in [0.25, 0.3) is 0 Å². The molecule has 0 amide bonds. The van der Waals surface area contributed by atoms with Crippen LogP contribution in [0.4, 0.5) is 0 Å². The fourth-order valence-corrected chi connectivity index (χ4v) is 3.63. The third-order valence-corrected chi connectivity index (χ3v) is 5.08. The van der Waals surface area contributed by atoms with E-state index in [0.29, 0.717) is 18.6 Å². The lowest BCUT2D eigenvalue weighted by Gasteiger charge is -2.14. The van der Waals surface area contributed by atoms with Crippen LogP contribution >= 0.6 is 0 Å². The molecule has 1 N–H and O–H groups in total. The molecule has 0 heterocycles. The number of carbonyl (C=O) groups is 2. The normalized spacial score (nSPS) is 20.4. The maximum absolute atomic E-state index is 12.1. The monoisotopic (exact) mass is 342 g/mol. The van der Waals surface area contributed by atoms with Gasteiger partial charge in [-0.25, -0.2) is 0 Å². The molecule has 2 rings (SSSR count). The average molecular weight is 342 g/mol. The summed E-state index contributed by atoms with van der Waals surface area (Å²) in [5.74, 6) is 0.789. The van der Waals surface area contributed by atoms with Gasteiger partial charge in [-0.1, -0.05) is 62.1 Å². The van der Waals surface area contributed by atoms with E-state index in [0.717, 1.165) is 50.5 Å². The van der Waals surface area contributed by atoms with Crippen molar-refractivity contribution in [3.8, 4) is 0 Å². The summed E-state index contributed by atoms with van der Waals surface area (Å²) in [6.45, 7) is 0.269. The SMILES string of the molecule is O=C(/C=C/C1CCC(=O)C1CCCCCCCO)Cc1ccccc1. The van der Waals surface area contributed by atoms with Gasteiger partial charge in [-0.3, -0.25) is 9.59 Å². The van der Waals surface area contributed by atoms with E-state index in [2.05, 4.69) is 0 Å². The van der Waals surface area contributed by atoms with Gasteiger partial charge in [0.05, 0.1) is 0 Å². The van der Waals surface area contributed by atoms with Gasteiger partial charge in [-0.15, -0.1) is 0 Å². The minimum Gasteiger partial charge on any atom is -0.396 e. The number of aliphatic hydroxyl groups excluding tert-OH is 1. The molecule has 1 aliphatic carbocycles. The summed E-state index contributed by atoms with van der Waals surface area (Å²) in [7, 11) is 0. The Labute approximate surface area is 151 Å². The van der Waals surface area contributed by atoms with Crippen LogP contribution < -0.4 is 0 Å². The third kappa shape index (κ3) is 6.95. The number of ketones is 2. The second kappa shape index (κ2) is 11.0. The molecule has 3 nitrogen and oxygen atoms in total. The van der Waals surface area contributed by atoms with Crippen molar-refractivity contribution in [2.75, 3.05) is 6.61 Å². The molecule has 136 valence electrons. The van der Waals surface area contributed by atoms with E-state index in [9.17, 15) is 9.59 Å². The van der Waals surface area contributed by atoms with Crippen LogP contribution in [0.25, 0.3) is 0 Å². The highest BCUT2D eigenvalue weighted by Gasteiger charge is 2.32. The van der Waals surface area contributed by atoms with Crippen LogP contribution in [0.2, 0.25) is 0 Å². The predicted octanol–water partition coefficient (Wildman–Crippen LogP) is 4.28. The lowest BCUT2D eigenvalue weighted by atomic mass is 9.89. The quantitative estimate of drug-likeness (QED) is 0.482. The Bertz CT molecular complexity index is 562. The minimum absolute atomic E-state index is 0.0959. The summed E-state index contributed by atoms with van der Waals surface area (Å²) in [6.07, 6.45) is 11.8. The molecule has 0 aliphatic heterocycles. The van der Waals surface area contributed by atoms with Crippen LogP contribution in [0.15, 0.2) is 42.5 Å². The Balaban J connectivity index is 1.76. The van der Waals surface area contributed by atoms with Gasteiger partial charge in [0.2, 0.25) is 0 Å². The molecular weight excluding hydrogens is 312 g/mol. The second-order valence-electron chi connectivity index (χ2n) is 7.04. The van der Waals surface area contributed by atoms with Crippen LogP contribution in [0.1, 0.15) is 56.9 Å². The zero-order valence-electron chi connectivity index (χ0n) is 15.0. The molecule has 25 heavy (non-hydrogen) atoms. The molecule has 1 aliphatic rings. The molecule has 1 aromatic rings. The van der Waals surface area contributed by atoms with Crippen molar-refractivity contribution >= 4 is 11.6 Å².